The Kier molecular flexibility index (Phi) is 6.32. The van der Waals surface area contributed by atoms with Gasteiger partial charge in [-0.05, 0) is 72.5 Å². The van der Waals surface area contributed by atoms with E-state index >= 15 is 0 Å². The summed E-state index contributed by atoms with van der Waals surface area (Å²) in [7, 11) is 0. The van der Waals surface area contributed by atoms with E-state index in [0.29, 0.717) is 23.8 Å². The van der Waals surface area contributed by atoms with Crippen molar-refractivity contribution >= 4 is 40.0 Å². The van der Waals surface area contributed by atoms with Crippen LogP contribution in [-0.4, -0.2) is 44.8 Å². The number of rotatable bonds is 7. The molecule has 190 valence electrons. The maximum Gasteiger partial charge on any atom is 0.335 e. The second-order valence-electron chi connectivity index (χ2n) is 9.62. The summed E-state index contributed by atoms with van der Waals surface area (Å²) >= 11 is 5.88. The number of halogens is 2. The van der Waals surface area contributed by atoms with Crippen LogP contribution in [0.5, 0.6) is 0 Å². The summed E-state index contributed by atoms with van der Waals surface area (Å²) in [6.07, 6.45) is 2.01. The zero-order valence-corrected chi connectivity index (χ0v) is 20.8. The van der Waals surface area contributed by atoms with Crippen LogP contribution in [-0.2, 0) is 30.8 Å². The summed E-state index contributed by atoms with van der Waals surface area (Å²) < 4.78 is 22.1. The number of nitrogens with one attached hydrogen (secondary N) is 1. The van der Waals surface area contributed by atoms with Crippen molar-refractivity contribution in [2.45, 2.75) is 38.6 Å². The van der Waals surface area contributed by atoms with Gasteiger partial charge in [0.1, 0.15) is 11.6 Å². The number of nitrogens with zero attached hydrogens (tertiary/aromatic N) is 3. The second kappa shape index (κ2) is 9.78. The highest BCUT2D eigenvalue weighted by Gasteiger charge is 2.24. The van der Waals surface area contributed by atoms with Gasteiger partial charge >= 0.3 is 5.97 Å². The molecule has 2 aliphatic heterocycles. The lowest BCUT2D eigenvalue weighted by atomic mass is 9.99. The van der Waals surface area contributed by atoms with Crippen LogP contribution in [0.15, 0.2) is 54.6 Å². The molecule has 3 heterocycles. The number of carboxylic acid groups (broad SMARTS) is 1. The van der Waals surface area contributed by atoms with Crippen LogP contribution in [0.2, 0.25) is 5.02 Å². The second-order valence-corrected chi connectivity index (χ2v) is 10.1. The fourth-order valence-corrected chi connectivity index (χ4v) is 5.20. The molecular formula is C28H26ClFN4O3. The first-order valence-electron chi connectivity index (χ1n) is 12.3. The Labute approximate surface area is 218 Å². The van der Waals surface area contributed by atoms with E-state index < -0.39 is 11.8 Å². The number of ether oxygens (including phenoxy) is 1. The summed E-state index contributed by atoms with van der Waals surface area (Å²) in [4.78, 5) is 18.8. The van der Waals surface area contributed by atoms with Crippen LogP contribution in [0.25, 0.3) is 11.0 Å². The predicted molar refractivity (Wildman–Crippen MR) is 140 cm³/mol. The highest BCUT2D eigenvalue weighted by molar-refractivity contribution is 6.30. The number of aromatic nitrogens is 2. The number of carboxylic acids is 1. The predicted octanol–water partition coefficient (Wildman–Crippen LogP) is 5.62. The number of aromatic carboxylic acids is 1. The van der Waals surface area contributed by atoms with Gasteiger partial charge < -0.3 is 19.7 Å². The van der Waals surface area contributed by atoms with Gasteiger partial charge in [-0.15, -0.1) is 0 Å². The Balaban J connectivity index is 1.24. The molecule has 2 aliphatic rings. The average molecular weight is 521 g/mol. The van der Waals surface area contributed by atoms with Crippen LogP contribution in [0.3, 0.4) is 0 Å². The molecule has 7 nitrogen and oxygen atoms in total. The molecule has 0 amide bonds. The number of hydrogen-bond donors (Lipinski definition) is 2. The molecule has 0 bridgehead atoms. The van der Waals surface area contributed by atoms with Crippen LogP contribution < -0.4 is 5.32 Å². The van der Waals surface area contributed by atoms with Gasteiger partial charge in [0.05, 0.1) is 41.5 Å². The fraction of sp³-hybridized carbons (Fsp3) is 0.286. The lowest BCUT2D eigenvalue weighted by Gasteiger charge is -2.30. The van der Waals surface area contributed by atoms with E-state index in [1.807, 2.05) is 6.07 Å². The summed E-state index contributed by atoms with van der Waals surface area (Å²) in [6, 6.07) is 15.8. The maximum absolute atomic E-state index is 14.3. The van der Waals surface area contributed by atoms with Gasteiger partial charge in [-0.25, -0.2) is 14.2 Å². The monoisotopic (exact) mass is 520 g/mol. The molecule has 0 unspecified atom stereocenters. The first-order valence-corrected chi connectivity index (χ1v) is 12.7. The molecule has 1 aromatic heterocycles. The zero-order valence-electron chi connectivity index (χ0n) is 20.1. The molecular weight excluding hydrogens is 495 g/mol. The molecule has 1 fully saturated rings. The molecule has 0 spiro atoms. The smallest absolute Gasteiger partial charge is 0.335 e. The third-order valence-electron chi connectivity index (χ3n) is 7.13. The molecule has 2 N–H and O–H groups in total. The summed E-state index contributed by atoms with van der Waals surface area (Å²) in [5.74, 6) is -0.451. The Hall–Kier alpha value is -3.46. The highest BCUT2D eigenvalue weighted by Crippen LogP contribution is 2.29. The lowest BCUT2D eigenvalue weighted by Crippen LogP contribution is -2.34. The van der Waals surface area contributed by atoms with Crippen LogP contribution in [0.4, 0.5) is 15.8 Å². The molecule has 37 heavy (non-hydrogen) atoms. The highest BCUT2D eigenvalue weighted by atomic mass is 35.5. The quantitative estimate of drug-likeness (QED) is 0.329. The Morgan fingerprint density at radius 1 is 1.16 bits per heavy atom. The standard InChI is InChI=1S/C28H26ClFN4O3/c29-20-3-6-24(23(30)13-20)31-21-4-1-17-7-9-33(14-19(17)11-21)16-27-32-25-5-2-18(28(35)36)12-26(25)34(27)15-22-8-10-37-22/h1-6,11-13,22,31H,7-10,14-16H2,(H,35,36)/t22-/m0/s1. The third kappa shape index (κ3) is 4.92. The number of fused-ring (bicyclic) bond motifs is 2. The minimum atomic E-state index is -0.952. The van der Waals surface area contributed by atoms with Crippen LogP contribution in [0.1, 0.15) is 33.7 Å². The van der Waals surface area contributed by atoms with Crippen molar-refractivity contribution in [2.24, 2.45) is 0 Å². The maximum atomic E-state index is 14.3. The van der Waals surface area contributed by atoms with Gasteiger partial charge in [0, 0.05) is 30.4 Å². The van der Waals surface area contributed by atoms with Gasteiger partial charge in [-0.2, -0.15) is 0 Å². The SMILES string of the molecule is O=C(O)c1ccc2nc(CN3CCc4ccc(Nc5ccc(Cl)cc5F)cc4C3)n(C[C@@H]3CCO3)c2c1. The largest absolute Gasteiger partial charge is 0.478 e. The van der Waals surface area contributed by atoms with E-state index in [1.54, 1.807) is 30.3 Å². The fourth-order valence-electron chi connectivity index (χ4n) is 5.04. The number of benzene rings is 3. The van der Waals surface area contributed by atoms with Crippen molar-refractivity contribution in [2.75, 3.05) is 18.5 Å². The molecule has 1 atom stereocenters. The third-order valence-corrected chi connectivity index (χ3v) is 7.36. The molecule has 0 aliphatic carbocycles. The van der Waals surface area contributed by atoms with E-state index in [2.05, 4.69) is 26.9 Å². The van der Waals surface area contributed by atoms with Crippen molar-refractivity contribution in [1.82, 2.24) is 14.5 Å². The molecule has 4 aromatic rings. The molecule has 0 radical (unpaired) electrons. The average Bonchev–Trinajstić information content (AvgIpc) is 3.18. The van der Waals surface area contributed by atoms with E-state index in [4.69, 9.17) is 21.3 Å². The van der Waals surface area contributed by atoms with E-state index in [-0.39, 0.29) is 11.7 Å². The summed E-state index contributed by atoms with van der Waals surface area (Å²) in [5.41, 5.74) is 5.51. The van der Waals surface area contributed by atoms with Crippen LogP contribution in [0, 0.1) is 5.82 Å². The molecule has 9 heteroatoms. The molecule has 3 aromatic carbocycles. The summed E-state index contributed by atoms with van der Waals surface area (Å²) in [6.45, 7) is 3.66. The van der Waals surface area contributed by atoms with Gasteiger partial charge in [0.15, 0.2) is 0 Å². The van der Waals surface area contributed by atoms with E-state index in [0.717, 1.165) is 55.1 Å². The number of imidazole rings is 1. The van der Waals surface area contributed by atoms with Crippen molar-refractivity contribution in [3.05, 3.63) is 88.0 Å². The lowest BCUT2D eigenvalue weighted by molar-refractivity contribution is -0.0592. The van der Waals surface area contributed by atoms with Crippen molar-refractivity contribution in [3.63, 3.8) is 0 Å². The Morgan fingerprint density at radius 3 is 2.78 bits per heavy atom. The minimum Gasteiger partial charge on any atom is -0.478 e. The number of anilines is 2. The first kappa shape index (κ1) is 23.9. The van der Waals surface area contributed by atoms with Gasteiger partial charge in [0.2, 0.25) is 0 Å². The normalized spacial score (nSPS) is 17.4. The number of carbonyl (C=O) groups is 1. The topological polar surface area (TPSA) is 79.6 Å². The van der Waals surface area contributed by atoms with E-state index in [1.165, 1.54) is 17.2 Å². The van der Waals surface area contributed by atoms with Crippen molar-refractivity contribution in [3.8, 4) is 0 Å². The molecule has 6 rings (SSSR count). The minimum absolute atomic E-state index is 0.119. The van der Waals surface area contributed by atoms with Gasteiger partial charge in [-0.1, -0.05) is 17.7 Å². The van der Waals surface area contributed by atoms with Crippen molar-refractivity contribution in [1.29, 1.82) is 0 Å². The van der Waals surface area contributed by atoms with E-state index in [9.17, 15) is 14.3 Å². The van der Waals surface area contributed by atoms with Crippen molar-refractivity contribution < 1.29 is 19.0 Å². The molecule has 0 saturated carbocycles. The Bertz CT molecular complexity index is 1500. The summed E-state index contributed by atoms with van der Waals surface area (Å²) in [5, 5.41) is 13.0. The number of hydrogen-bond acceptors (Lipinski definition) is 5. The first-order chi connectivity index (χ1) is 17.9. The van der Waals surface area contributed by atoms with Crippen LogP contribution >= 0.6 is 11.6 Å². The zero-order chi connectivity index (χ0) is 25.5. The van der Waals surface area contributed by atoms with Gasteiger partial charge in [-0.3, -0.25) is 4.90 Å². The Morgan fingerprint density at radius 2 is 2.03 bits per heavy atom. The van der Waals surface area contributed by atoms with Gasteiger partial charge in [0.25, 0.3) is 0 Å². The molecule has 1 saturated heterocycles.